The molecule has 142 valence electrons. The normalized spacial score (nSPS) is 16.2. The van der Waals surface area contributed by atoms with Gasteiger partial charge in [-0.25, -0.2) is 0 Å². The zero-order chi connectivity index (χ0) is 19.5. The van der Waals surface area contributed by atoms with Crippen molar-refractivity contribution in [2.75, 3.05) is 23.1 Å². The molecule has 2 heterocycles. The molecule has 2 aromatic carbocycles. The van der Waals surface area contributed by atoms with Gasteiger partial charge in [-0.15, -0.1) is 23.1 Å². The van der Waals surface area contributed by atoms with Crippen LogP contribution in [0.1, 0.15) is 20.6 Å². The number of rotatable bonds is 5. The smallest absolute Gasteiger partial charge is 0.265 e. The van der Waals surface area contributed by atoms with Gasteiger partial charge < -0.3 is 10.1 Å². The van der Waals surface area contributed by atoms with Crippen molar-refractivity contribution in [1.29, 1.82) is 0 Å². The molecule has 1 aliphatic heterocycles. The molecule has 0 saturated carbocycles. The molecule has 1 aliphatic rings. The number of carbonyl (C=O) groups is 2. The van der Waals surface area contributed by atoms with E-state index < -0.39 is 0 Å². The van der Waals surface area contributed by atoms with Crippen molar-refractivity contribution < 1.29 is 14.3 Å². The number of thioether (sulfide) groups is 1. The van der Waals surface area contributed by atoms with Crippen LogP contribution in [0.3, 0.4) is 0 Å². The van der Waals surface area contributed by atoms with E-state index >= 15 is 0 Å². The number of methoxy groups -OCH3 is 1. The summed E-state index contributed by atoms with van der Waals surface area (Å²) in [7, 11) is 1.62. The third kappa shape index (κ3) is 3.76. The summed E-state index contributed by atoms with van der Waals surface area (Å²) >= 11 is 3.00. The molecule has 5 nitrogen and oxygen atoms in total. The van der Waals surface area contributed by atoms with E-state index in [1.54, 1.807) is 24.9 Å². The van der Waals surface area contributed by atoms with E-state index in [1.165, 1.54) is 11.3 Å². The monoisotopic (exact) mass is 410 g/mol. The van der Waals surface area contributed by atoms with Crippen LogP contribution in [0.2, 0.25) is 0 Å². The first-order valence-electron chi connectivity index (χ1n) is 8.68. The van der Waals surface area contributed by atoms with E-state index in [4.69, 9.17) is 4.74 Å². The molecule has 1 unspecified atom stereocenters. The standard InChI is InChI=1S/C21H18N2O3S2/c1-26-17-10-8-16(9-11-17)23-19(24)13-28-21(23)14-4-6-15(7-5-14)22-20(25)18-3-2-12-27-18/h2-12,21H,13H2,1H3,(H,22,25). The lowest BCUT2D eigenvalue weighted by molar-refractivity contribution is -0.115. The van der Waals surface area contributed by atoms with Gasteiger partial charge in [0.05, 0.1) is 17.7 Å². The molecule has 0 aliphatic carbocycles. The van der Waals surface area contributed by atoms with Crippen molar-refractivity contribution in [2.45, 2.75) is 5.37 Å². The molecule has 1 saturated heterocycles. The van der Waals surface area contributed by atoms with Gasteiger partial charge >= 0.3 is 0 Å². The lowest BCUT2D eigenvalue weighted by Gasteiger charge is -2.24. The molecule has 0 bridgehead atoms. The van der Waals surface area contributed by atoms with Crippen LogP contribution >= 0.6 is 23.1 Å². The highest BCUT2D eigenvalue weighted by Crippen LogP contribution is 2.42. The molecule has 1 N–H and O–H groups in total. The van der Waals surface area contributed by atoms with Gasteiger partial charge in [-0.3, -0.25) is 14.5 Å². The second-order valence-corrected chi connectivity index (χ2v) is 8.19. The maximum Gasteiger partial charge on any atom is 0.265 e. The average molecular weight is 411 g/mol. The number of hydrogen-bond donors (Lipinski definition) is 1. The fourth-order valence-corrected chi connectivity index (χ4v) is 4.82. The van der Waals surface area contributed by atoms with Crippen LogP contribution in [0, 0.1) is 0 Å². The van der Waals surface area contributed by atoms with E-state index in [-0.39, 0.29) is 17.2 Å². The molecule has 1 fully saturated rings. The molecule has 2 amide bonds. The van der Waals surface area contributed by atoms with Crippen LogP contribution in [-0.4, -0.2) is 24.7 Å². The first-order valence-corrected chi connectivity index (χ1v) is 10.6. The average Bonchev–Trinajstić information content (AvgIpc) is 3.39. The highest BCUT2D eigenvalue weighted by molar-refractivity contribution is 8.00. The molecule has 1 aromatic heterocycles. The molecular formula is C21H18N2O3S2. The zero-order valence-corrected chi connectivity index (χ0v) is 16.8. The van der Waals surface area contributed by atoms with Crippen molar-refractivity contribution in [3.63, 3.8) is 0 Å². The predicted molar refractivity (Wildman–Crippen MR) is 114 cm³/mol. The van der Waals surface area contributed by atoms with Crippen LogP contribution in [0.4, 0.5) is 11.4 Å². The fraction of sp³-hybridized carbons (Fsp3) is 0.143. The lowest BCUT2D eigenvalue weighted by Crippen LogP contribution is -2.27. The number of thiophene rings is 1. The number of benzene rings is 2. The summed E-state index contributed by atoms with van der Waals surface area (Å²) in [6, 6.07) is 18.8. The Morgan fingerprint density at radius 2 is 1.86 bits per heavy atom. The summed E-state index contributed by atoms with van der Waals surface area (Å²) in [5, 5.41) is 4.68. The van der Waals surface area contributed by atoms with Gasteiger partial charge in [-0.05, 0) is 53.4 Å². The first-order chi connectivity index (χ1) is 13.7. The first kappa shape index (κ1) is 18.6. The Kier molecular flexibility index (Phi) is 5.36. The van der Waals surface area contributed by atoms with Gasteiger partial charge in [-0.1, -0.05) is 18.2 Å². The molecule has 4 rings (SSSR count). The quantitative estimate of drug-likeness (QED) is 0.657. The Morgan fingerprint density at radius 1 is 1.11 bits per heavy atom. The number of nitrogens with one attached hydrogen (secondary N) is 1. The predicted octanol–water partition coefficient (Wildman–Crippen LogP) is 4.79. The Balaban J connectivity index is 1.52. The van der Waals surface area contributed by atoms with Crippen LogP contribution < -0.4 is 15.0 Å². The Hall–Kier alpha value is -2.77. The van der Waals surface area contributed by atoms with Gasteiger partial charge in [0.15, 0.2) is 0 Å². The van der Waals surface area contributed by atoms with Gasteiger partial charge in [0.2, 0.25) is 5.91 Å². The summed E-state index contributed by atoms with van der Waals surface area (Å²) in [5.74, 6) is 1.15. The van der Waals surface area contributed by atoms with Crippen molar-refractivity contribution >= 4 is 46.3 Å². The Bertz CT molecular complexity index is 970. The third-order valence-electron chi connectivity index (χ3n) is 4.42. The van der Waals surface area contributed by atoms with E-state index in [9.17, 15) is 9.59 Å². The van der Waals surface area contributed by atoms with Gasteiger partial charge in [0.1, 0.15) is 11.1 Å². The Labute approximate surface area is 171 Å². The van der Waals surface area contributed by atoms with Crippen LogP contribution in [0.15, 0.2) is 66.0 Å². The zero-order valence-electron chi connectivity index (χ0n) is 15.1. The minimum absolute atomic E-state index is 0.0789. The topological polar surface area (TPSA) is 58.6 Å². The SMILES string of the molecule is COc1ccc(N2C(=O)CSC2c2ccc(NC(=O)c3cccs3)cc2)cc1. The lowest BCUT2D eigenvalue weighted by atomic mass is 10.1. The fourth-order valence-electron chi connectivity index (χ4n) is 3.02. The van der Waals surface area contributed by atoms with Gasteiger partial charge in [0.25, 0.3) is 5.91 Å². The number of anilines is 2. The van der Waals surface area contributed by atoms with E-state index in [0.717, 1.165) is 22.7 Å². The molecule has 1 atom stereocenters. The summed E-state index contributed by atoms with van der Waals surface area (Å²) in [4.78, 5) is 27.1. The highest BCUT2D eigenvalue weighted by atomic mass is 32.2. The van der Waals surface area contributed by atoms with E-state index in [0.29, 0.717) is 10.6 Å². The van der Waals surface area contributed by atoms with Crippen LogP contribution in [-0.2, 0) is 4.79 Å². The van der Waals surface area contributed by atoms with Gasteiger partial charge in [-0.2, -0.15) is 0 Å². The summed E-state index contributed by atoms with van der Waals surface area (Å²) in [6.45, 7) is 0. The molecule has 3 aromatic rings. The minimum Gasteiger partial charge on any atom is -0.497 e. The summed E-state index contributed by atoms with van der Waals surface area (Å²) in [5.41, 5.74) is 2.59. The molecule has 28 heavy (non-hydrogen) atoms. The second-order valence-electron chi connectivity index (χ2n) is 6.18. The van der Waals surface area contributed by atoms with Gasteiger partial charge in [0, 0.05) is 11.4 Å². The molecule has 0 spiro atoms. The summed E-state index contributed by atoms with van der Waals surface area (Å²) in [6.07, 6.45) is 0. The summed E-state index contributed by atoms with van der Waals surface area (Å²) < 4.78 is 5.20. The number of nitrogens with zero attached hydrogens (tertiary/aromatic N) is 1. The van der Waals surface area contributed by atoms with Crippen LogP contribution in [0.25, 0.3) is 0 Å². The minimum atomic E-state index is -0.118. The maximum atomic E-state index is 12.5. The van der Waals surface area contributed by atoms with Crippen molar-refractivity contribution in [3.05, 3.63) is 76.5 Å². The van der Waals surface area contributed by atoms with Crippen molar-refractivity contribution in [3.8, 4) is 5.75 Å². The molecular weight excluding hydrogens is 392 g/mol. The molecule has 7 heteroatoms. The second kappa shape index (κ2) is 8.08. The maximum absolute atomic E-state index is 12.5. The number of hydrogen-bond acceptors (Lipinski definition) is 5. The van der Waals surface area contributed by atoms with Crippen molar-refractivity contribution in [1.82, 2.24) is 0 Å². The van der Waals surface area contributed by atoms with Crippen LogP contribution in [0.5, 0.6) is 5.75 Å². The van der Waals surface area contributed by atoms with Crippen molar-refractivity contribution in [2.24, 2.45) is 0 Å². The number of amides is 2. The largest absolute Gasteiger partial charge is 0.497 e. The van der Waals surface area contributed by atoms with E-state index in [1.807, 2.05) is 64.9 Å². The highest BCUT2D eigenvalue weighted by Gasteiger charge is 2.34. The third-order valence-corrected chi connectivity index (χ3v) is 6.50. The molecule has 0 radical (unpaired) electrons. The Morgan fingerprint density at radius 3 is 2.50 bits per heavy atom. The number of carbonyl (C=O) groups excluding carboxylic acids is 2. The number of ether oxygens (including phenoxy) is 1. The van der Waals surface area contributed by atoms with E-state index in [2.05, 4.69) is 5.32 Å².